The summed E-state index contributed by atoms with van der Waals surface area (Å²) in [6.45, 7) is 4.33. The van der Waals surface area contributed by atoms with Gasteiger partial charge in [0.2, 0.25) is 5.91 Å². The first-order chi connectivity index (χ1) is 10.6. The number of aromatic nitrogens is 1. The number of nitrogens with zero attached hydrogens (tertiary/aromatic N) is 3. The number of pyridine rings is 1. The molecule has 1 aromatic rings. The van der Waals surface area contributed by atoms with Gasteiger partial charge in [0, 0.05) is 32.4 Å². The molecule has 0 saturated carbocycles. The Labute approximate surface area is 143 Å². The fourth-order valence-corrected chi connectivity index (χ4v) is 3.94. The monoisotopic (exact) mass is 387 g/mol. The second-order valence-electron chi connectivity index (χ2n) is 5.68. The van der Waals surface area contributed by atoms with E-state index >= 15 is 0 Å². The van der Waals surface area contributed by atoms with Gasteiger partial charge in [0.05, 0.1) is 28.6 Å². The number of carbonyl (C=O) groups is 1. The number of ether oxygens (including phenoxy) is 1. The maximum Gasteiger partial charge on any atom is 0.227 e. The molecular weight excluding hydrogens is 370 g/mol. The normalized spacial score (nSPS) is 22.7. The summed E-state index contributed by atoms with van der Waals surface area (Å²) in [4.78, 5) is 21.2. The molecule has 1 aromatic heterocycles. The number of carbonyl (C=O) groups excluding carboxylic acids is 1. The lowest BCUT2D eigenvalue weighted by atomic mass is 9.96. The number of anilines is 1. The molecule has 1 unspecified atom stereocenters. The summed E-state index contributed by atoms with van der Waals surface area (Å²) >= 11 is 9.47. The van der Waals surface area contributed by atoms with Crippen molar-refractivity contribution in [3.8, 4) is 0 Å². The van der Waals surface area contributed by atoms with E-state index < -0.39 is 0 Å². The van der Waals surface area contributed by atoms with Crippen LogP contribution in [0.4, 0.5) is 5.82 Å². The van der Waals surface area contributed by atoms with Gasteiger partial charge in [0.15, 0.2) is 0 Å². The summed E-state index contributed by atoms with van der Waals surface area (Å²) in [5.41, 5.74) is 0. The highest BCUT2D eigenvalue weighted by Gasteiger charge is 2.31. The van der Waals surface area contributed by atoms with Gasteiger partial charge >= 0.3 is 0 Å². The molecular formula is C15H19BrClN3O2. The zero-order valence-corrected chi connectivity index (χ0v) is 14.6. The zero-order chi connectivity index (χ0) is 15.5. The molecule has 0 spiro atoms. The highest BCUT2D eigenvalue weighted by molar-refractivity contribution is 9.10. The third kappa shape index (κ3) is 3.55. The number of morpholine rings is 1. The Morgan fingerprint density at radius 3 is 2.86 bits per heavy atom. The summed E-state index contributed by atoms with van der Waals surface area (Å²) < 4.78 is 6.20. The number of halogens is 2. The SMILES string of the molecule is O=C(C1CCCN(c2ncc(Cl)cc2Br)C1)N1CCOCC1. The topological polar surface area (TPSA) is 45.7 Å². The largest absolute Gasteiger partial charge is 0.378 e. The van der Waals surface area contributed by atoms with Crippen LogP contribution in [-0.4, -0.2) is 55.2 Å². The van der Waals surface area contributed by atoms with Gasteiger partial charge < -0.3 is 14.5 Å². The van der Waals surface area contributed by atoms with Gasteiger partial charge in [0.25, 0.3) is 0 Å². The molecule has 22 heavy (non-hydrogen) atoms. The zero-order valence-electron chi connectivity index (χ0n) is 12.3. The lowest BCUT2D eigenvalue weighted by molar-refractivity contribution is -0.139. The summed E-state index contributed by atoms with van der Waals surface area (Å²) in [6.07, 6.45) is 3.59. The molecule has 2 aliphatic rings. The van der Waals surface area contributed by atoms with Gasteiger partial charge in [-0.05, 0) is 34.8 Å². The van der Waals surface area contributed by atoms with Gasteiger partial charge in [0.1, 0.15) is 5.82 Å². The van der Waals surface area contributed by atoms with E-state index in [1.54, 1.807) is 6.20 Å². The molecule has 1 amide bonds. The Morgan fingerprint density at radius 2 is 2.14 bits per heavy atom. The quantitative estimate of drug-likeness (QED) is 0.781. The second-order valence-corrected chi connectivity index (χ2v) is 6.97. The highest BCUT2D eigenvalue weighted by Crippen LogP contribution is 2.30. The Balaban J connectivity index is 1.69. The molecule has 7 heteroatoms. The molecule has 0 aliphatic carbocycles. The standard InChI is InChI=1S/C15H19BrClN3O2/c16-13-8-12(17)9-18-14(13)20-3-1-2-11(10-20)15(21)19-4-6-22-7-5-19/h8-9,11H,1-7,10H2. The van der Waals surface area contributed by atoms with E-state index in [4.69, 9.17) is 16.3 Å². The molecule has 0 aromatic carbocycles. The first kappa shape index (κ1) is 16.0. The molecule has 0 radical (unpaired) electrons. The number of hydrogen-bond donors (Lipinski definition) is 0. The maximum absolute atomic E-state index is 12.7. The Hall–Kier alpha value is -0.850. The number of amides is 1. The van der Waals surface area contributed by atoms with Crippen LogP contribution in [0.3, 0.4) is 0 Å². The summed E-state index contributed by atoms with van der Waals surface area (Å²) in [6, 6.07) is 1.84. The summed E-state index contributed by atoms with van der Waals surface area (Å²) in [7, 11) is 0. The second kappa shape index (κ2) is 7.15. The van der Waals surface area contributed by atoms with Crippen LogP contribution in [-0.2, 0) is 9.53 Å². The van der Waals surface area contributed by atoms with Gasteiger partial charge in [-0.25, -0.2) is 4.98 Å². The molecule has 120 valence electrons. The molecule has 3 heterocycles. The van der Waals surface area contributed by atoms with Crippen LogP contribution in [0, 0.1) is 5.92 Å². The highest BCUT2D eigenvalue weighted by atomic mass is 79.9. The molecule has 2 fully saturated rings. The Morgan fingerprint density at radius 1 is 1.36 bits per heavy atom. The number of hydrogen-bond acceptors (Lipinski definition) is 4. The predicted octanol–water partition coefficient (Wildman–Crippen LogP) is 2.57. The van der Waals surface area contributed by atoms with E-state index in [1.807, 2.05) is 11.0 Å². The van der Waals surface area contributed by atoms with Crippen molar-refractivity contribution in [2.45, 2.75) is 12.8 Å². The first-order valence-corrected chi connectivity index (χ1v) is 8.75. The van der Waals surface area contributed by atoms with Gasteiger partial charge in [-0.15, -0.1) is 0 Å². The molecule has 2 saturated heterocycles. The lowest BCUT2D eigenvalue weighted by Gasteiger charge is -2.37. The van der Waals surface area contributed by atoms with Crippen molar-refractivity contribution in [1.29, 1.82) is 0 Å². The lowest BCUT2D eigenvalue weighted by Crippen LogP contribution is -2.48. The van der Waals surface area contributed by atoms with E-state index in [9.17, 15) is 4.79 Å². The fraction of sp³-hybridized carbons (Fsp3) is 0.600. The van der Waals surface area contributed by atoms with E-state index in [0.717, 1.165) is 29.7 Å². The van der Waals surface area contributed by atoms with E-state index in [0.29, 0.717) is 37.9 Å². The maximum atomic E-state index is 12.7. The van der Waals surface area contributed by atoms with E-state index in [1.165, 1.54) is 0 Å². The molecule has 0 N–H and O–H groups in total. The van der Waals surface area contributed by atoms with Gasteiger partial charge in [-0.2, -0.15) is 0 Å². The average Bonchev–Trinajstić information content (AvgIpc) is 2.55. The number of piperidine rings is 1. The van der Waals surface area contributed by atoms with Crippen LogP contribution in [0.15, 0.2) is 16.7 Å². The predicted molar refractivity (Wildman–Crippen MR) is 89.3 cm³/mol. The van der Waals surface area contributed by atoms with Crippen LogP contribution < -0.4 is 4.90 Å². The molecule has 5 nitrogen and oxygen atoms in total. The smallest absolute Gasteiger partial charge is 0.227 e. The van der Waals surface area contributed by atoms with Crippen molar-refractivity contribution in [3.05, 3.63) is 21.8 Å². The molecule has 2 aliphatic heterocycles. The molecule has 0 bridgehead atoms. The van der Waals surface area contributed by atoms with Crippen molar-refractivity contribution < 1.29 is 9.53 Å². The minimum absolute atomic E-state index is 0.0382. The molecule has 1 atom stereocenters. The first-order valence-electron chi connectivity index (χ1n) is 7.57. The van der Waals surface area contributed by atoms with Crippen LogP contribution in [0.2, 0.25) is 5.02 Å². The van der Waals surface area contributed by atoms with Crippen molar-refractivity contribution in [1.82, 2.24) is 9.88 Å². The minimum atomic E-state index is 0.0382. The third-order valence-corrected chi connectivity index (χ3v) is 4.97. The third-order valence-electron chi connectivity index (χ3n) is 4.18. The number of rotatable bonds is 2. The van der Waals surface area contributed by atoms with Gasteiger partial charge in [-0.3, -0.25) is 4.79 Å². The summed E-state index contributed by atoms with van der Waals surface area (Å²) in [5, 5.41) is 0.605. The van der Waals surface area contributed by atoms with Crippen LogP contribution in [0.25, 0.3) is 0 Å². The minimum Gasteiger partial charge on any atom is -0.378 e. The average molecular weight is 389 g/mol. The van der Waals surface area contributed by atoms with Crippen LogP contribution in [0.5, 0.6) is 0 Å². The summed E-state index contributed by atoms with van der Waals surface area (Å²) in [5.74, 6) is 1.15. The van der Waals surface area contributed by atoms with Gasteiger partial charge in [-0.1, -0.05) is 11.6 Å². The van der Waals surface area contributed by atoms with Crippen molar-refractivity contribution in [2.24, 2.45) is 5.92 Å². The Kier molecular flexibility index (Phi) is 5.21. The molecule has 3 rings (SSSR count). The van der Waals surface area contributed by atoms with Crippen molar-refractivity contribution in [3.63, 3.8) is 0 Å². The van der Waals surface area contributed by atoms with Crippen LogP contribution >= 0.6 is 27.5 Å². The van der Waals surface area contributed by atoms with Crippen molar-refractivity contribution in [2.75, 3.05) is 44.3 Å². The Bertz CT molecular complexity index is 552. The van der Waals surface area contributed by atoms with E-state index in [-0.39, 0.29) is 11.8 Å². The van der Waals surface area contributed by atoms with E-state index in [2.05, 4.69) is 25.8 Å². The van der Waals surface area contributed by atoms with Crippen LogP contribution in [0.1, 0.15) is 12.8 Å². The van der Waals surface area contributed by atoms with Crippen molar-refractivity contribution >= 4 is 39.3 Å². The fourth-order valence-electron chi connectivity index (χ4n) is 3.05.